The van der Waals surface area contributed by atoms with Crippen LogP contribution < -0.4 is 16.4 Å². The minimum Gasteiger partial charge on any atom is -0.395 e. The summed E-state index contributed by atoms with van der Waals surface area (Å²) in [6, 6.07) is 0. The summed E-state index contributed by atoms with van der Waals surface area (Å²) in [6.45, 7) is 4.81. The van der Waals surface area contributed by atoms with Crippen LogP contribution in [0.1, 0.15) is 19.3 Å². The maximum Gasteiger partial charge on any atom is 0.0555 e. The van der Waals surface area contributed by atoms with Gasteiger partial charge in [0.05, 0.1) is 6.61 Å². The van der Waals surface area contributed by atoms with Crippen molar-refractivity contribution in [2.24, 2.45) is 5.73 Å². The zero-order chi connectivity index (χ0) is 9.78. The van der Waals surface area contributed by atoms with Gasteiger partial charge in [-0.25, -0.2) is 0 Å². The second-order valence-electron chi connectivity index (χ2n) is 3.07. The highest BCUT2D eigenvalue weighted by molar-refractivity contribution is 4.52. The Kier molecular flexibility index (Phi) is 11.7. The molecule has 80 valence electrons. The fraction of sp³-hybridized carbons (Fsp3) is 1.00. The summed E-state index contributed by atoms with van der Waals surface area (Å²) in [5.74, 6) is 0. The van der Waals surface area contributed by atoms with Crippen molar-refractivity contribution in [1.29, 1.82) is 0 Å². The lowest BCUT2D eigenvalue weighted by Crippen LogP contribution is -2.24. The summed E-state index contributed by atoms with van der Waals surface area (Å²) < 4.78 is 0. The number of unbranched alkanes of at least 4 members (excludes halogenated alkanes) is 1. The van der Waals surface area contributed by atoms with E-state index in [0.29, 0.717) is 6.54 Å². The minimum atomic E-state index is 0.226. The van der Waals surface area contributed by atoms with E-state index in [9.17, 15) is 0 Å². The lowest BCUT2D eigenvalue weighted by atomic mass is 10.3. The number of aliphatic hydroxyl groups is 1. The molecule has 0 radical (unpaired) electrons. The Bertz CT molecular complexity index is 80.9. The van der Waals surface area contributed by atoms with Crippen molar-refractivity contribution in [2.45, 2.75) is 19.3 Å². The number of aliphatic hydroxyl groups excluding tert-OH is 1. The van der Waals surface area contributed by atoms with Gasteiger partial charge >= 0.3 is 0 Å². The Morgan fingerprint density at radius 1 is 0.846 bits per heavy atom. The maximum absolute atomic E-state index is 8.48. The fourth-order valence-electron chi connectivity index (χ4n) is 1.06. The van der Waals surface area contributed by atoms with Crippen molar-refractivity contribution < 1.29 is 5.11 Å². The molecule has 0 atom stereocenters. The molecule has 0 aliphatic heterocycles. The number of hydrogen-bond acceptors (Lipinski definition) is 4. The molecule has 0 amide bonds. The van der Waals surface area contributed by atoms with Crippen LogP contribution in [0.25, 0.3) is 0 Å². The van der Waals surface area contributed by atoms with E-state index in [2.05, 4.69) is 10.6 Å². The van der Waals surface area contributed by atoms with Crippen molar-refractivity contribution >= 4 is 0 Å². The van der Waals surface area contributed by atoms with E-state index in [1.54, 1.807) is 0 Å². The van der Waals surface area contributed by atoms with Gasteiger partial charge in [0.25, 0.3) is 0 Å². The molecule has 0 aliphatic carbocycles. The lowest BCUT2D eigenvalue weighted by molar-refractivity contribution is 0.292. The molecule has 0 aromatic rings. The van der Waals surface area contributed by atoms with Crippen LogP contribution in [-0.2, 0) is 0 Å². The summed E-state index contributed by atoms with van der Waals surface area (Å²) in [5.41, 5.74) is 5.36. The van der Waals surface area contributed by atoms with Crippen molar-refractivity contribution in [1.82, 2.24) is 10.6 Å². The fourth-order valence-corrected chi connectivity index (χ4v) is 1.06. The van der Waals surface area contributed by atoms with Crippen molar-refractivity contribution in [3.8, 4) is 0 Å². The molecule has 0 heterocycles. The molecule has 0 spiro atoms. The highest BCUT2D eigenvalue weighted by Crippen LogP contribution is 1.82. The zero-order valence-corrected chi connectivity index (χ0v) is 8.39. The second kappa shape index (κ2) is 11.8. The Hall–Kier alpha value is -0.160. The van der Waals surface area contributed by atoms with E-state index in [0.717, 1.165) is 39.0 Å². The molecule has 4 nitrogen and oxygen atoms in total. The van der Waals surface area contributed by atoms with Crippen LogP contribution in [-0.4, -0.2) is 44.4 Å². The largest absolute Gasteiger partial charge is 0.395 e. The van der Waals surface area contributed by atoms with Gasteiger partial charge in [0, 0.05) is 6.54 Å². The molecule has 4 heteroatoms. The summed E-state index contributed by atoms with van der Waals surface area (Å²) in [6.07, 6.45) is 3.39. The van der Waals surface area contributed by atoms with Crippen LogP contribution >= 0.6 is 0 Å². The molecule has 0 unspecified atom stereocenters. The summed E-state index contributed by atoms with van der Waals surface area (Å²) in [4.78, 5) is 0. The van der Waals surface area contributed by atoms with Gasteiger partial charge < -0.3 is 21.5 Å². The van der Waals surface area contributed by atoms with Gasteiger partial charge in [-0.05, 0) is 45.4 Å². The molecule has 0 aliphatic rings. The average molecular weight is 189 g/mol. The van der Waals surface area contributed by atoms with E-state index >= 15 is 0 Å². The summed E-state index contributed by atoms with van der Waals surface area (Å²) in [7, 11) is 0. The van der Waals surface area contributed by atoms with Gasteiger partial charge in [-0.1, -0.05) is 0 Å². The van der Waals surface area contributed by atoms with Gasteiger partial charge in [-0.15, -0.1) is 0 Å². The molecule has 0 saturated heterocycles. The van der Waals surface area contributed by atoms with E-state index in [-0.39, 0.29) is 6.61 Å². The van der Waals surface area contributed by atoms with Crippen LogP contribution in [0.15, 0.2) is 0 Å². The number of nitrogens with one attached hydrogen (secondary N) is 2. The predicted octanol–water partition coefficient (Wildman–Crippen LogP) is -0.713. The second-order valence-corrected chi connectivity index (χ2v) is 3.07. The monoisotopic (exact) mass is 189 g/mol. The third-order valence-electron chi connectivity index (χ3n) is 1.80. The quantitative estimate of drug-likeness (QED) is 0.343. The third kappa shape index (κ3) is 11.8. The first-order valence-electron chi connectivity index (χ1n) is 5.14. The van der Waals surface area contributed by atoms with Crippen LogP contribution in [0.5, 0.6) is 0 Å². The van der Waals surface area contributed by atoms with E-state index < -0.39 is 0 Å². The van der Waals surface area contributed by atoms with E-state index in [1.165, 1.54) is 6.42 Å². The molecule has 0 aromatic carbocycles. The highest BCUT2D eigenvalue weighted by atomic mass is 16.3. The third-order valence-corrected chi connectivity index (χ3v) is 1.80. The average Bonchev–Trinajstić information content (AvgIpc) is 2.16. The van der Waals surface area contributed by atoms with Gasteiger partial charge in [0.1, 0.15) is 0 Å². The summed E-state index contributed by atoms with van der Waals surface area (Å²) in [5, 5.41) is 14.9. The smallest absolute Gasteiger partial charge is 0.0555 e. The Balaban J connectivity index is 2.76. The Morgan fingerprint density at radius 2 is 1.46 bits per heavy atom. The first kappa shape index (κ1) is 12.8. The van der Waals surface area contributed by atoms with E-state index in [1.807, 2.05) is 0 Å². The molecule has 0 rings (SSSR count). The molecular formula is C9H23N3O. The zero-order valence-electron chi connectivity index (χ0n) is 8.39. The highest BCUT2D eigenvalue weighted by Gasteiger charge is 1.88. The summed E-state index contributed by atoms with van der Waals surface area (Å²) >= 11 is 0. The normalized spacial score (nSPS) is 10.6. The number of hydrogen-bond donors (Lipinski definition) is 4. The van der Waals surface area contributed by atoms with Crippen molar-refractivity contribution in [3.63, 3.8) is 0 Å². The lowest BCUT2D eigenvalue weighted by Gasteiger charge is -2.04. The van der Waals surface area contributed by atoms with Gasteiger partial charge in [0.15, 0.2) is 0 Å². The van der Waals surface area contributed by atoms with Gasteiger partial charge in [-0.2, -0.15) is 0 Å². The Labute approximate surface area is 80.9 Å². The van der Waals surface area contributed by atoms with E-state index in [4.69, 9.17) is 10.8 Å². The van der Waals surface area contributed by atoms with Crippen molar-refractivity contribution in [2.75, 3.05) is 39.3 Å². The van der Waals surface area contributed by atoms with Crippen molar-refractivity contribution in [3.05, 3.63) is 0 Å². The molecule has 0 aromatic heterocycles. The SMILES string of the molecule is NCCCCNCCCNCCO. The van der Waals surface area contributed by atoms with Crippen LogP contribution in [0.4, 0.5) is 0 Å². The molecule has 0 fully saturated rings. The van der Waals surface area contributed by atoms with Gasteiger partial charge in [-0.3, -0.25) is 0 Å². The first-order valence-corrected chi connectivity index (χ1v) is 5.14. The molecule has 13 heavy (non-hydrogen) atoms. The number of rotatable bonds is 10. The maximum atomic E-state index is 8.48. The molecule has 0 bridgehead atoms. The topological polar surface area (TPSA) is 70.3 Å². The number of nitrogens with two attached hydrogens (primary N) is 1. The Morgan fingerprint density at radius 3 is 2.08 bits per heavy atom. The molecule has 5 N–H and O–H groups in total. The van der Waals surface area contributed by atoms with Crippen LogP contribution in [0.3, 0.4) is 0 Å². The predicted molar refractivity (Wildman–Crippen MR) is 55.7 cm³/mol. The van der Waals surface area contributed by atoms with Gasteiger partial charge in [0.2, 0.25) is 0 Å². The standard InChI is InChI=1S/C9H23N3O/c10-4-1-2-5-11-6-3-7-12-8-9-13/h11-13H,1-10H2. The minimum absolute atomic E-state index is 0.226. The first-order chi connectivity index (χ1) is 6.41. The molecule has 0 saturated carbocycles. The van der Waals surface area contributed by atoms with Crippen LogP contribution in [0.2, 0.25) is 0 Å². The molecular weight excluding hydrogens is 166 g/mol. The van der Waals surface area contributed by atoms with Crippen LogP contribution in [0, 0.1) is 0 Å².